The predicted molar refractivity (Wildman–Crippen MR) is 90.0 cm³/mol. The molecule has 1 spiro atoms. The number of aliphatic hydroxyl groups excluding tert-OH is 1. The maximum absolute atomic E-state index is 13.6. The molecule has 1 saturated heterocycles. The summed E-state index contributed by atoms with van der Waals surface area (Å²) in [5.74, 6) is 0.334. The summed E-state index contributed by atoms with van der Waals surface area (Å²) in [6.45, 7) is 5.43. The van der Waals surface area contributed by atoms with Crippen LogP contribution in [0, 0.1) is 22.2 Å². The predicted octanol–water partition coefficient (Wildman–Crippen LogP) is 3.31. The van der Waals surface area contributed by atoms with Crippen molar-refractivity contribution in [2.45, 2.75) is 38.5 Å². The Hall–Kier alpha value is -2.28. The number of carbonyl (C=O) groups is 1. The van der Waals surface area contributed by atoms with Crippen molar-refractivity contribution in [2.24, 2.45) is 10.8 Å². The van der Waals surface area contributed by atoms with Crippen molar-refractivity contribution in [3.05, 3.63) is 47.2 Å². The first kappa shape index (κ1) is 15.3. The van der Waals surface area contributed by atoms with Gasteiger partial charge in [0.05, 0.1) is 17.1 Å². The Morgan fingerprint density at radius 2 is 2.04 bits per heavy atom. The third kappa shape index (κ3) is 1.46. The highest BCUT2D eigenvalue weighted by atomic mass is 16.3. The number of amides is 1. The van der Waals surface area contributed by atoms with Gasteiger partial charge in [0.25, 0.3) is 0 Å². The van der Waals surface area contributed by atoms with Gasteiger partial charge in [-0.3, -0.25) is 4.79 Å². The van der Waals surface area contributed by atoms with Crippen molar-refractivity contribution in [2.75, 3.05) is 13.1 Å². The first-order chi connectivity index (χ1) is 11.5. The zero-order valence-electron chi connectivity index (χ0n) is 14.2. The van der Waals surface area contributed by atoms with Crippen LogP contribution in [0.1, 0.15) is 38.7 Å². The molecule has 0 bridgehead atoms. The third-order valence-electron chi connectivity index (χ3n) is 6.90. The van der Waals surface area contributed by atoms with Gasteiger partial charge in [-0.2, -0.15) is 5.26 Å². The molecule has 3 atom stereocenters. The first-order valence-electron chi connectivity index (χ1n) is 8.64. The lowest BCUT2D eigenvalue weighted by molar-refractivity contribution is -0.147. The molecule has 4 rings (SSSR count). The van der Waals surface area contributed by atoms with Gasteiger partial charge in [0.2, 0.25) is 5.91 Å². The van der Waals surface area contributed by atoms with E-state index in [2.05, 4.69) is 6.07 Å². The quantitative estimate of drug-likeness (QED) is 0.908. The molecule has 4 heteroatoms. The first-order valence-corrected chi connectivity index (χ1v) is 8.64. The van der Waals surface area contributed by atoms with Crippen LogP contribution in [0.25, 0.3) is 0 Å². The number of rotatable bonds is 2. The minimum absolute atomic E-state index is 0.117. The molecule has 1 heterocycles. The summed E-state index contributed by atoms with van der Waals surface area (Å²) in [5, 5.41) is 20.3. The fraction of sp³-hybridized carbons (Fsp3) is 0.500. The fourth-order valence-corrected chi connectivity index (χ4v) is 5.52. The number of likely N-dealkylation sites (N-methyl/N-ethyl adjacent to an activating group) is 1. The topological polar surface area (TPSA) is 64.3 Å². The number of nitrogens with zero attached hydrogens (tertiary/aromatic N) is 2. The monoisotopic (exact) mass is 322 g/mol. The van der Waals surface area contributed by atoms with E-state index in [4.69, 9.17) is 0 Å². The Balaban J connectivity index is 2.00. The van der Waals surface area contributed by atoms with E-state index >= 15 is 0 Å². The van der Waals surface area contributed by atoms with Gasteiger partial charge in [-0.25, -0.2) is 0 Å². The molecule has 3 aliphatic rings. The van der Waals surface area contributed by atoms with Crippen molar-refractivity contribution in [3.63, 3.8) is 0 Å². The van der Waals surface area contributed by atoms with Gasteiger partial charge in [0.1, 0.15) is 5.76 Å². The summed E-state index contributed by atoms with van der Waals surface area (Å²) in [5.41, 5.74) is -0.0944. The van der Waals surface area contributed by atoms with Crippen LogP contribution >= 0.6 is 0 Å². The number of carbonyl (C=O) groups excluding carboxylic acids is 1. The molecule has 1 aromatic rings. The van der Waals surface area contributed by atoms with E-state index in [1.165, 1.54) is 0 Å². The molecule has 1 aliphatic heterocycles. The van der Waals surface area contributed by atoms with Gasteiger partial charge in [-0.15, -0.1) is 0 Å². The minimum atomic E-state index is -0.728. The average Bonchev–Trinajstić information content (AvgIpc) is 3.24. The molecule has 1 aromatic carbocycles. The number of nitriles is 1. The zero-order chi connectivity index (χ0) is 17.2. The van der Waals surface area contributed by atoms with Gasteiger partial charge < -0.3 is 10.0 Å². The molecule has 24 heavy (non-hydrogen) atoms. The van der Waals surface area contributed by atoms with Crippen LogP contribution < -0.4 is 0 Å². The molecule has 4 nitrogen and oxygen atoms in total. The maximum atomic E-state index is 13.6. The Labute approximate surface area is 142 Å². The number of likely N-dealkylation sites (tertiary alicyclic amines) is 1. The smallest absolute Gasteiger partial charge is 0.234 e. The second-order valence-electron chi connectivity index (χ2n) is 7.61. The van der Waals surface area contributed by atoms with Gasteiger partial charge in [0.15, 0.2) is 0 Å². The molecule has 1 N–H and O–H groups in total. The fourth-order valence-electron chi connectivity index (χ4n) is 5.52. The van der Waals surface area contributed by atoms with Crippen molar-refractivity contribution >= 4 is 5.91 Å². The number of aliphatic hydroxyl groups is 1. The standard InChI is InChI=1S/C20H22N2O2/c1-3-22-10-9-19-13-18(19,2)16(23)14(12-21)11-20(19,17(22)24)15-7-5-4-6-8-15/h4-8,23H,3,9-11,13H2,1-2H3/t18-,19-,20-/m0/s1. The van der Waals surface area contributed by atoms with Crippen LogP contribution in [0.5, 0.6) is 0 Å². The largest absolute Gasteiger partial charge is 0.511 e. The van der Waals surface area contributed by atoms with E-state index in [0.29, 0.717) is 18.5 Å². The highest BCUT2D eigenvalue weighted by Crippen LogP contribution is 2.81. The molecule has 2 fully saturated rings. The van der Waals surface area contributed by atoms with Crippen LogP contribution in [0.4, 0.5) is 0 Å². The summed E-state index contributed by atoms with van der Waals surface area (Å²) in [4.78, 5) is 15.5. The summed E-state index contributed by atoms with van der Waals surface area (Å²) >= 11 is 0. The molecule has 0 radical (unpaired) electrons. The van der Waals surface area contributed by atoms with E-state index in [1.54, 1.807) is 0 Å². The van der Waals surface area contributed by atoms with Gasteiger partial charge in [-0.05, 0) is 25.3 Å². The molecule has 2 aliphatic carbocycles. The number of benzene rings is 1. The summed E-state index contributed by atoms with van der Waals surface area (Å²) < 4.78 is 0. The van der Waals surface area contributed by atoms with Gasteiger partial charge in [-0.1, -0.05) is 37.3 Å². The molecule has 124 valence electrons. The van der Waals surface area contributed by atoms with Crippen LogP contribution in [0.15, 0.2) is 41.7 Å². The van der Waals surface area contributed by atoms with E-state index < -0.39 is 10.8 Å². The number of hydrogen-bond acceptors (Lipinski definition) is 3. The summed E-state index contributed by atoms with van der Waals surface area (Å²) in [6, 6.07) is 12.1. The van der Waals surface area contributed by atoms with Crippen LogP contribution in [0.3, 0.4) is 0 Å². The highest BCUT2D eigenvalue weighted by Gasteiger charge is 2.81. The van der Waals surface area contributed by atoms with Crippen molar-refractivity contribution in [1.82, 2.24) is 4.90 Å². The van der Waals surface area contributed by atoms with Gasteiger partial charge in [0, 0.05) is 30.3 Å². The lowest BCUT2D eigenvalue weighted by Crippen LogP contribution is -2.60. The highest BCUT2D eigenvalue weighted by molar-refractivity contribution is 5.93. The molecule has 0 unspecified atom stereocenters. The van der Waals surface area contributed by atoms with E-state index in [0.717, 1.165) is 24.9 Å². The zero-order valence-corrected chi connectivity index (χ0v) is 14.2. The number of allylic oxidation sites excluding steroid dienone is 2. The molecule has 0 aromatic heterocycles. The summed E-state index contributed by atoms with van der Waals surface area (Å²) in [7, 11) is 0. The number of hydrogen-bond donors (Lipinski definition) is 1. The SMILES string of the molecule is CCN1CC[C@]23C[C@@]2(C)C(O)=C(C#N)C[C@]3(c2ccccc2)C1=O. The second kappa shape index (κ2) is 4.63. The van der Waals surface area contributed by atoms with Crippen LogP contribution in [-0.4, -0.2) is 29.0 Å². The van der Waals surface area contributed by atoms with Crippen LogP contribution in [0.2, 0.25) is 0 Å². The lowest BCUT2D eigenvalue weighted by Gasteiger charge is -2.52. The Morgan fingerprint density at radius 1 is 1.33 bits per heavy atom. The molecular formula is C20H22N2O2. The normalized spacial score (nSPS) is 37.5. The molecule has 1 amide bonds. The van der Waals surface area contributed by atoms with Crippen molar-refractivity contribution in [3.8, 4) is 6.07 Å². The Bertz CT molecular complexity index is 794. The molecular weight excluding hydrogens is 300 g/mol. The van der Waals surface area contributed by atoms with Crippen molar-refractivity contribution < 1.29 is 9.90 Å². The second-order valence-corrected chi connectivity index (χ2v) is 7.61. The third-order valence-corrected chi connectivity index (χ3v) is 6.90. The van der Waals surface area contributed by atoms with Crippen LogP contribution in [-0.2, 0) is 10.2 Å². The average molecular weight is 322 g/mol. The Kier molecular flexibility index (Phi) is 2.94. The molecule has 1 saturated carbocycles. The van der Waals surface area contributed by atoms with Crippen molar-refractivity contribution in [1.29, 1.82) is 5.26 Å². The minimum Gasteiger partial charge on any atom is -0.511 e. The summed E-state index contributed by atoms with van der Waals surface area (Å²) in [6.07, 6.45) is 1.96. The van der Waals surface area contributed by atoms with E-state index in [-0.39, 0.29) is 17.1 Å². The maximum Gasteiger partial charge on any atom is 0.234 e. The van der Waals surface area contributed by atoms with Gasteiger partial charge >= 0.3 is 0 Å². The van der Waals surface area contributed by atoms with E-state index in [9.17, 15) is 15.2 Å². The van der Waals surface area contributed by atoms with E-state index in [1.807, 2.05) is 49.1 Å². The number of piperidine rings is 1. The Morgan fingerprint density at radius 3 is 2.67 bits per heavy atom. The lowest BCUT2D eigenvalue weighted by atomic mass is 9.55.